The topological polar surface area (TPSA) is 74.3 Å². The molecule has 33 heavy (non-hydrogen) atoms. The van der Waals surface area contributed by atoms with Crippen LogP contribution in [0.1, 0.15) is 29.0 Å². The molecule has 1 unspecified atom stereocenters. The third-order valence-corrected chi connectivity index (χ3v) is 5.53. The molecule has 8 heteroatoms. The van der Waals surface area contributed by atoms with Crippen molar-refractivity contribution in [3.8, 4) is 0 Å². The van der Waals surface area contributed by atoms with Crippen molar-refractivity contribution in [3.05, 3.63) is 102 Å². The number of carbonyl (C=O) groups is 2. The Labute approximate surface area is 196 Å². The number of anilines is 2. The fourth-order valence-electron chi connectivity index (χ4n) is 3.30. The second-order valence-corrected chi connectivity index (χ2v) is 7.82. The summed E-state index contributed by atoms with van der Waals surface area (Å²) in [5.41, 5.74) is 1.64. The smallest absolute Gasteiger partial charge is 0.329 e. The lowest BCUT2D eigenvalue weighted by atomic mass is 10.1. The van der Waals surface area contributed by atoms with Gasteiger partial charge in [-0.15, -0.1) is 0 Å². The molecule has 0 fully saturated rings. The lowest BCUT2D eigenvalue weighted by Crippen LogP contribution is -2.36. The van der Waals surface area contributed by atoms with Crippen LogP contribution in [-0.2, 0) is 0 Å². The number of carbonyl (C=O) groups excluding carboxylic acids is 2. The Morgan fingerprint density at radius 3 is 2.36 bits per heavy atom. The Morgan fingerprint density at radius 2 is 1.64 bits per heavy atom. The number of nitrogens with one attached hydrogen (secondary N) is 2. The fourth-order valence-corrected chi connectivity index (χ4v) is 3.50. The third-order valence-electron chi connectivity index (χ3n) is 5.12. The average molecular weight is 461 g/mol. The number of hydrogen-bond donors (Lipinski definition) is 3. The van der Waals surface area contributed by atoms with E-state index in [-0.39, 0.29) is 11.6 Å². The van der Waals surface area contributed by atoms with Gasteiger partial charge in [-0.3, -0.25) is 9.78 Å². The van der Waals surface area contributed by atoms with E-state index in [1.807, 2.05) is 37.3 Å². The van der Waals surface area contributed by atoms with E-state index in [1.54, 1.807) is 36.5 Å². The molecular formula is C25H21FN4O2S. The van der Waals surface area contributed by atoms with Crippen molar-refractivity contribution in [2.45, 2.75) is 13.0 Å². The highest BCUT2D eigenvalue weighted by Gasteiger charge is 2.17. The Morgan fingerprint density at radius 1 is 0.970 bits per heavy atom. The zero-order chi connectivity index (χ0) is 23.4. The number of halogens is 1. The van der Waals surface area contributed by atoms with Crippen LogP contribution in [-0.4, -0.2) is 16.9 Å². The van der Waals surface area contributed by atoms with Gasteiger partial charge in [0.05, 0.1) is 23.0 Å². The standard InChI is InChI=1S/C25H21FN4O2S/c1-16(23-14-17-6-2-3-7-18(17)15-27-23)28-25(32)30(33)20-12-10-19(11-13-20)29-24(31)21-8-4-5-9-22(21)26/h2-16,33H,1H3,(H,28,32)(H,29,31). The molecule has 166 valence electrons. The largest absolute Gasteiger partial charge is 0.332 e. The molecule has 0 saturated carbocycles. The number of aromatic nitrogens is 1. The number of fused-ring (bicyclic) bond motifs is 1. The highest BCUT2D eigenvalue weighted by molar-refractivity contribution is 7.82. The van der Waals surface area contributed by atoms with Crippen molar-refractivity contribution in [3.63, 3.8) is 0 Å². The molecule has 3 amide bonds. The van der Waals surface area contributed by atoms with Gasteiger partial charge in [0.15, 0.2) is 0 Å². The molecular weight excluding hydrogens is 439 g/mol. The molecule has 0 aliphatic rings. The van der Waals surface area contributed by atoms with Gasteiger partial charge < -0.3 is 10.6 Å². The predicted octanol–water partition coefficient (Wildman–Crippen LogP) is 5.75. The quantitative estimate of drug-likeness (QED) is 0.332. The van der Waals surface area contributed by atoms with Crippen LogP contribution in [0.15, 0.2) is 85.1 Å². The highest BCUT2D eigenvalue weighted by atomic mass is 32.1. The molecule has 2 N–H and O–H groups in total. The summed E-state index contributed by atoms with van der Waals surface area (Å²) in [6, 6.07) is 21.3. The van der Waals surface area contributed by atoms with Gasteiger partial charge in [0, 0.05) is 17.3 Å². The number of amides is 3. The molecule has 0 aliphatic heterocycles. The minimum Gasteiger partial charge on any atom is -0.329 e. The number of urea groups is 1. The van der Waals surface area contributed by atoms with E-state index in [0.29, 0.717) is 11.4 Å². The Balaban J connectivity index is 1.39. The average Bonchev–Trinajstić information content (AvgIpc) is 2.84. The van der Waals surface area contributed by atoms with Gasteiger partial charge in [0.2, 0.25) is 0 Å². The van der Waals surface area contributed by atoms with Gasteiger partial charge >= 0.3 is 6.03 Å². The molecule has 4 aromatic rings. The van der Waals surface area contributed by atoms with Gasteiger partial charge in [0.1, 0.15) is 5.82 Å². The summed E-state index contributed by atoms with van der Waals surface area (Å²) in [6.07, 6.45) is 1.78. The van der Waals surface area contributed by atoms with Crippen molar-refractivity contribution < 1.29 is 14.0 Å². The molecule has 0 bridgehead atoms. The Bertz CT molecular complexity index is 1310. The van der Waals surface area contributed by atoms with Crippen LogP contribution in [0.3, 0.4) is 0 Å². The van der Waals surface area contributed by atoms with E-state index in [0.717, 1.165) is 16.5 Å². The van der Waals surface area contributed by atoms with Crippen molar-refractivity contribution in [1.29, 1.82) is 0 Å². The number of benzene rings is 3. The van der Waals surface area contributed by atoms with Crippen LogP contribution in [0.2, 0.25) is 0 Å². The maximum absolute atomic E-state index is 13.8. The highest BCUT2D eigenvalue weighted by Crippen LogP contribution is 2.22. The molecule has 0 saturated heterocycles. The summed E-state index contributed by atoms with van der Waals surface area (Å²) in [7, 11) is 0. The molecule has 0 radical (unpaired) electrons. The third kappa shape index (κ3) is 5.12. The molecule has 0 aliphatic carbocycles. The first-order valence-corrected chi connectivity index (χ1v) is 10.6. The van der Waals surface area contributed by atoms with Crippen LogP contribution in [0.5, 0.6) is 0 Å². The van der Waals surface area contributed by atoms with E-state index in [4.69, 9.17) is 0 Å². The van der Waals surface area contributed by atoms with Crippen LogP contribution in [0.25, 0.3) is 10.8 Å². The van der Waals surface area contributed by atoms with E-state index in [9.17, 15) is 14.0 Å². The van der Waals surface area contributed by atoms with E-state index in [1.165, 1.54) is 22.5 Å². The van der Waals surface area contributed by atoms with Gasteiger partial charge in [0.25, 0.3) is 5.91 Å². The van der Waals surface area contributed by atoms with Crippen LogP contribution >= 0.6 is 12.8 Å². The number of thiol groups is 1. The summed E-state index contributed by atoms with van der Waals surface area (Å²) in [4.78, 5) is 29.4. The normalized spacial score (nSPS) is 11.6. The first-order valence-electron chi connectivity index (χ1n) is 10.2. The summed E-state index contributed by atoms with van der Waals surface area (Å²) in [5.74, 6) is -1.15. The van der Waals surface area contributed by atoms with Gasteiger partial charge in [-0.25, -0.2) is 13.5 Å². The summed E-state index contributed by atoms with van der Waals surface area (Å²) in [6.45, 7) is 1.85. The Kier molecular flexibility index (Phi) is 6.55. The fraction of sp³-hybridized carbons (Fsp3) is 0.0800. The van der Waals surface area contributed by atoms with Crippen molar-refractivity contribution in [2.24, 2.45) is 0 Å². The maximum Gasteiger partial charge on any atom is 0.332 e. The first-order chi connectivity index (χ1) is 15.9. The zero-order valence-corrected chi connectivity index (χ0v) is 18.6. The predicted molar refractivity (Wildman–Crippen MR) is 131 cm³/mol. The SMILES string of the molecule is CC(NC(=O)N(S)c1ccc(NC(=O)c2ccccc2F)cc1)c1cc2ccccc2cn1. The van der Waals surface area contributed by atoms with Crippen LogP contribution in [0, 0.1) is 5.82 Å². The second kappa shape index (κ2) is 9.70. The molecule has 6 nitrogen and oxygen atoms in total. The minimum absolute atomic E-state index is 0.0481. The lowest BCUT2D eigenvalue weighted by molar-refractivity contribution is 0.102. The van der Waals surface area contributed by atoms with Gasteiger partial charge in [-0.2, -0.15) is 0 Å². The van der Waals surface area contributed by atoms with Crippen molar-refractivity contribution in [2.75, 3.05) is 9.62 Å². The minimum atomic E-state index is -0.597. The lowest BCUT2D eigenvalue weighted by Gasteiger charge is -2.20. The monoisotopic (exact) mass is 460 g/mol. The molecule has 0 spiro atoms. The molecule has 1 atom stereocenters. The number of rotatable bonds is 5. The molecule has 4 rings (SSSR count). The van der Waals surface area contributed by atoms with Crippen molar-refractivity contribution in [1.82, 2.24) is 10.3 Å². The summed E-state index contributed by atoms with van der Waals surface area (Å²) < 4.78 is 14.9. The zero-order valence-electron chi connectivity index (χ0n) is 17.7. The first kappa shape index (κ1) is 22.3. The van der Waals surface area contributed by atoms with Crippen molar-refractivity contribution >= 4 is 46.9 Å². The van der Waals surface area contributed by atoms with Crippen LogP contribution in [0.4, 0.5) is 20.6 Å². The number of nitrogens with zero attached hydrogens (tertiary/aromatic N) is 2. The molecule has 1 aromatic heterocycles. The number of pyridine rings is 1. The van der Waals surface area contributed by atoms with Crippen LogP contribution < -0.4 is 14.9 Å². The number of hydrogen-bond acceptors (Lipinski definition) is 4. The van der Waals surface area contributed by atoms with E-state index < -0.39 is 17.8 Å². The van der Waals surface area contributed by atoms with Gasteiger partial charge in [-0.1, -0.05) is 49.2 Å². The van der Waals surface area contributed by atoms with E-state index >= 15 is 0 Å². The van der Waals surface area contributed by atoms with E-state index in [2.05, 4.69) is 28.4 Å². The molecule has 3 aromatic carbocycles. The second-order valence-electron chi connectivity index (χ2n) is 7.42. The molecule has 1 heterocycles. The summed E-state index contributed by atoms with van der Waals surface area (Å²) >= 11 is 4.30. The summed E-state index contributed by atoms with van der Waals surface area (Å²) in [5, 5.41) is 7.57. The maximum atomic E-state index is 13.8. The van der Waals surface area contributed by atoms with Gasteiger partial charge in [-0.05, 0) is 54.8 Å². The Hall–Kier alpha value is -3.91.